The number of carbonyl (C=O) groups is 2. The van der Waals surface area contributed by atoms with Crippen molar-refractivity contribution in [1.82, 2.24) is 4.90 Å². The fraction of sp³-hybridized carbons (Fsp3) is 0.481. The Morgan fingerprint density at radius 3 is 2.28 bits per heavy atom. The van der Waals surface area contributed by atoms with E-state index in [-0.39, 0.29) is 23.7 Å². The highest BCUT2D eigenvalue weighted by atomic mass is 16.5. The van der Waals surface area contributed by atoms with Gasteiger partial charge in [0.25, 0.3) is 0 Å². The Morgan fingerprint density at radius 2 is 1.69 bits per heavy atom. The maximum atomic E-state index is 13.7. The Hall–Kier alpha value is -2.82. The topological polar surface area (TPSA) is 49.9 Å². The molecule has 5 heteroatoms. The predicted molar refractivity (Wildman–Crippen MR) is 127 cm³/mol. The molecule has 5 nitrogen and oxygen atoms in total. The standard InChI is InChI=1S/C27H34N2O3/c1-19(2)21-8-6-20(7-9-21)17-29(24-12-14-25(32-3)15-13-24)27(31)23-5-4-16-28(18-23)26(30)22-10-11-22/h6-9,12-15,19,22-23H,4-5,10-11,16-18H2,1-3H3. The second-order valence-electron chi connectivity index (χ2n) is 9.42. The Bertz CT molecular complexity index is 932. The maximum Gasteiger partial charge on any atom is 0.232 e. The van der Waals surface area contributed by atoms with Crippen LogP contribution in [0.15, 0.2) is 48.5 Å². The fourth-order valence-electron chi connectivity index (χ4n) is 4.44. The number of likely N-dealkylation sites (tertiary alicyclic amines) is 1. The molecule has 1 aliphatic heterocycles. The number of benzene rings is 2. The lowest BCUT2D eigenvalue weighted by molar-refractivity contribution is -0.136. The number of rotatable bonds is 7. The quantitative estimate of drug-likeness (QED) is 0.616. The molecule has 0 N–H and O–H groups in total. The van der Waals surface area contributed by atoms with Gasteiger partial charge < -0.3 is 14.5 Å². The van der Waals surface area contributed by atoms with Crippen LogP contribution in [-0.2, 0) is 16.1 Å². The number of nitrogens with zero attached hydrogens (tertiary/aromatic N) is 2. The number of carbonyl (C=O) groups excluding carboxylic acids is 2. The van der Waals surface area contributed by atoms with E-state index in [9.17, 15) is 9.59 Å². The van der Waals surface area contributed by atoms with E-state index in [2.05, 4.69) is 38.1 Å². The van der Waals surface area contributed by atoms with Crippen molar-refractivity contribution < 1.29 is 14.3 Å². The third-order valence-electron chi connectivity index (χ3n) is 6.65. The van der Waals surface area contributed by atoms with Crippen molar-refractivity contribution in [3.8, 4) is 5.75 Å². The van der Waals surface area contributed by atoms with Crippen molar-refractivity contribution in [3.63, 3.8) is 0 Å². The van der Waals surface area contributed by atoms with Crippen molar-refractivity contribution >= 4 is 17.5 Å². The van der Waals surface area contributed by atoms with E-state index < -0.39 is 0 Å². The lowest BCUT2D eigenvalue weighted by Gasteiger charge is -2.35. The Morgan fingerprint density at radius 1 is 1.00 bits per heavy atom. The van der Waals surface area contributed by atoms with Crippen LogP contribution in [0, 0.1) is 11.8 Å². The van der Waals surface area contributed by atoms with E-state index in [1.165, 1.54) is 5.56 Å². The molecule has 1 saturated heterocycles. The smallest absolute Gasteiger partial charge is 0.232 e. The number of anilines is 1. The molecule has 2 aliphatic rings. The first-order valence-corrected chi connectivity index (χ1v) is 11.8. The van der Waals surface area contributed by atoms with Crippen LogP contribution < -0.4 is 9.64 Å². The minimum atomic E-state index is -0.163. The minimum Gasteiger partial charge on any atom is -0.497 e. The van der Waals surface area contributed by atoms with Gasteiger partial charge in [-0.15, -0.1) is 0 Å². The molecule has 0 radical (unpaired) electrons. The third kappa shape index (κ3) is 5.14. The zero-order valence-electron chi connectivity index (χ0n) is 19.4. The Kier molecular flexibility index (Phi) is 6.83. The van der Waals surface area contributed by atoms with Crippen LogP contribution >= 0.6 is 0 Å². The first-order chi connectivity index (χ1) is 15.5. The molecule has 1 atom stereocenters. The zero-order valence-corrected chi connectivity index (χ0v) is 19.4. The van der Waals surface area contributed by atoms with E-state index in [4.69, 9.17) is 4.74 Å². The zero-order chi connectivity index (χ0) is 22.7. The van der Waals surface area contributed by atoms with E-state index in [0.717, 1.165) is 49.2 Å². The minimum absolute atomic E-state index is 0.0939. The van der Waals surface area contributed by atoms with Gasteiger partial charge in [0.15, 0.2) is 0 Å². The molecular formula is C27H34N2O3. The molecule has 2 fully saturated rings. The van der Waals surface area contributed by atoms with Crippen molar-refractivity contribution in [2.45, 2.75) is 52.0 Å². The average molecular weight is 435 g/mol. The summed E-state index contributed by atoms with van der Waals surface area (Å²) < 4.78 is 5.30. The molecule has 2 amide bonds. The summed E-state index contributed by atoms with van der Waals surface area (Å²) in [6.45, 7) is 6.18. The number of ether oxygens (including phenoxy) is 1. The number of hydrogen-bond donors (Lipinski definition) is 0. The molecule has 2 aromatic carbocycles. The largest absolute Gasteiger partial charge is 0.497 e. The first-order valence-electron chi connectivity index (χ1n) is 11.8. The normalized spacial score (nSPS) is 18.5. The van der Waals surface area contributed by atoms with Gasteiger partial charge in [0.05, 0.1) is 19.6 Å². The van der Waals surface area contributed by atoms with Gasteiger partial charge in [0, 0.05) is 24.7 Å². The van der Waals surface area contributed by atoms with Crippen molar-refractivity contribution in [2.24, 2.45) is 11.8 Å². The Balaban J connectivity index is 1.55. The van der Waals surface area contributed by atoms with Gasteiger partial charge in [-0.05, 0) is 67.0 Å². The Labute approximate surface area is 191 Å². The van der Waals surface area contributed by atoms with Crippen molar-refractivity contribution in [2.75, 3.05) is 25.1 Å². The van der Waals surface area contributed by atoms with Gasteiger partial charge in [0.1, 0.15) is 5.75 Å². The molecule has 170 valence electrons. The van der Waals surface area contributed by atoms with Crippen LogP contribution in [-0.4, -0.2) is 36.9 Å². The van der Waals surface area contributed by atoms with Crippen molar-refractivity contribution in [1.29, 1.82) is 0 Å². The van der Waals surface area contributed by atoms with Crippen LogP contribution in [0.1, 0.15) is 56.6 Å². The molecule has 4 rings (SSSR count). The molecule has 0 bridgehead atoms. The first kappa shape index (κ1) is 22.4. The van der Waals surface area contributed by atoms with E-state index in [1.54, 1.807) is 7.11 Å². The van der Waals surface area contributed by atoms with Gasteiger partial charge in [-0.2, -0.15) is 0 Å². The van der Waals surface area contributed by atoms with Gasteiger partial charge >= 0.3 is 0 Å². The summed E-state index contributed by atoms with van der Waals surface area (Å²) in [5.41, 5.74) is 3.24. The molecule has 0 aromatic heterocycles. The molecular weight excluding hydrogens is 400 g/mol. The summed E-state index contributed by atoms with van der Waals surface area (Å²) in [7, 11) is 1.64. The molecule has 1 heterocycles. The lowest BCUT2D eigenvalue weighted by Crippen LogP contribution is -2.47. The van der Waals surface area contributed by atoms with Crippen LogP contribution in [0.2, 0.25) is 0 Å². The second-order valence-corrected chi connectivity index (χ2v) is 9.42. The van der Waals surface area contributed by atoms with E-state index in [1.807, 2.05) is 34.1 Å². The summed E-state index contributed by atoms with van der Waals surface area (Å²) in [6, 6.07) is 16.2. The predicted octanol–water partition coefficient (Wildman–Crippen LogP) is 5.00. The highest BCUT2D eigenvalue weighted by Crippen LogP contribution is 2.33. The highest BCUT2D eigenvalue weighted by Gasteiger charge is 2.37. The number of piperidine rings is 1. The lowest BCUT2D eigenvalue weighted by atomic mass is 9.95. The summed E-state index contributed by atoms with van der Waals surface area (Å²) >= 11 is 0. The monoisotopic (exact) mass is 434 g/mol. The molecule has 1 saturated carbocycles. The fourth-order valence-corrected chi connectivity index (χ4v) is 4.44. The number of hydrogen-bond acceptors (Lipinski definition) is 3. The molecule has 0 spiro atoms. The molecule has 2 aromatic rings. The van der Waals surface area contributed by atoms with Gasteiger partial charge in [0.2, 0.25) is 11.8 Å². The van der Waals surface area contributed by atoms with Crippen molar-refractivity contribution in [3.05, 3.63) is 59.7 Å². The van der Waals surface area contributed by atoms with Gasteiger partial charge in [-0.1, -0.05) is 38.1 Å². The number of methoxy groups -OCH3 is 1. The molecule has 32 heavy (non-hydrogen) atoms. The highest BCUT2D eigenvalue weighted by molar-refractivity contribution is 5.95. The van der Waals surface area contributed by atoms with E-state index >= 15 is 0 Å². The van der Waals surface area contributed by atoms with Gasteiger partial charge in [-0.3, -0.25) is 9.59 Å². The van der Waals surface area contributed by atoms with Gasteiger partial charge in [-0.25, -0.2) is 0 Å². The summed E-state index contributed by atoms with van der Waals surface area (Å²) in [5, 5.41) is 0. The van der Waals surface area contributed by atoms with Crippen LogP contribution in [0.25, 0.3) is 0 Å². The summed E-state index contributed by atoms with van der Waals surface area (Å²) in [5.74, 6) is 1.60. The van der Waals surface area contributed by atoms with E-state index in [0.29, 0.717) is 19.0 Å². The van der Waals surface area contributed by atoms with Crippen LogP contribution in [0.5, 0.6) is 5.75 Å². The van der Waals surface area contributed by atoms with Crippen LogP contribution in [0.4, 0.5) is 5.69 Å². The third-order valence-corrected chi connectivity index (χ3v) is 6.65. The number of amides is 2. The SMILES string of the molecule is COc1ccc(N(Cc2ccc(C(C)C)cc2)C(=O)C2CCCN(C(=O)C3CC3)C2)cc1. The average Bonchev–Trinajstić information content (AvgIpc) is 3.68. The molecule has 1 aliphatic carbocycles. The summed E-state index contributed by atoms with van der Waals surface area (Å²) in [6.07, 6.45) is 3.71. The second kappa shape index (κ2) is 9.76. The molecule has 1 unspecified atom stereocenters. The summed E-state index contributed by atoms with van der Waals surface area (Å²) in [4.78, 5) is 30.1. The van der Waals surface area contributed by atoms with Crippen LogP contribution in [0.3, 0.4) is 0 Å². The maximum absolute atomic E-state index is 13.7.